The van der Waals surface area contributed by atoms with Crippen LogP contribution in [0.4, 0.5) is 5.69 Å². The summed E-state index contributed by atoms with van der Waals surface area (Å²) in [6.45, 7) is 1.38. The number of nitrogens with two attached hydrogens (primary N) is 1. The Kier molecular flexibility index (Phi) is 5.39. The number of sulfonamides is 1. The Bertz CT molecular complexity index is 458. The summed E-state index contributed by atoms with van der Waals surface area (Å²) in [4.78, 5) is 0. The van der Waals surface area contributed by atoms with Crippen LogP contribution in [-0.2, 0) is 10.0 Å². The number of aliphatic hydroxyl groups excluding tert-OH is 1. The minimum Gasteiger partial charge on any atom is -0.492 e. The number of anilines is 1. The van der Waals surface area contributed by atoms with Gasteiger partial charge in [-0.05, 0) is 31.2 Å². The minimum atomic E-state index is -3.43. The van der Waals surface area contributed by atoms with E-state index in [2.05, 4.69) is 4.72 Å². The Morgan fingerprint density at radius 1 is 1.39 bits per heavy atom. The topological polar surface area (TPSA) is 102 Å². The van der Waals surface area contributed by atoms with E-state index in [4.69, 9.17) is 15.6 Å². The zero-order chi connectivity index (χ0) is 13.6. The van der Waals surface area contributed by atoms with Gasteiger partial charge in [0.25, 0.3) is 0 Å². The third kappa shape index (κ3) is 5.35. The van der Waals surface area contributed by atoms with Gasteiger partial charge in [0.05, 0.1) is 12.4 Å². The van der Waals surface area contributed by atoms with Gasteiger partial charge in [0.1, 0.15) is 12.4 Å². The third-order valence-corrected chi connectivity index (χ3v) is 3.62. The molecular weight excluding hydrogens is 256 g/mol. The quantitative estimate of drug-likeness (QED) is 0.605. The lowest BCUT2D eigenvalue weighted by Crippen LogP contribution is -2.37. The SMILES string of the molecule is CC(CO)NS(=O)(=O)CCOc1ccc(N)cc1. The molecule has 0 saturated heterocycles. The summed E-state index contributed by atoms with van der Waals surface area (Å²) in [6.07, 6.45) is 0. The van der Waals surface area contributed by atoms with Crippen LogP contribution in [0.5, 0.6) is 5.75 Å². The van der Waals surface area contributed by atoms with Crippen molar-refractivity contribution >= 4 is 15.7 Å². The molecule has 1 aromatic rings. The van der Waals surface area contributed by atoms with Crippen molar-refractivity contribution in [2.24, 2.45) is 0 Å². The first-order valence-electron chi connectivity index (χ1n) is 5.52. The molecule has 18 heavy (non-hydrogen) atoms. The van der Waals surface area contributed by atoms with Gasteiger partial charge < -0.3 is 15.6 Å². The van der Waals surface area contributed by atoms with Crippen LogP contribution in [0.15, 0.2) is 24.3 Å². The summed E-state index contributed by atoms with van der Waals surface area (Å²) in [7, 11) is -3.43. The van der Waals surface area contributed by atoms with Crippen LogP contribution in [0.25, 0.3) is 0 Å². The Labute approximate surface area is 107 Å². The predicted molar refractivity (Wildman–Crippen MR) is 69.8 cm³/mol. The average Bonchev–Trinajstić information content (AvgIpc) is 2.31. The van der Waals surface area contributed by atoms with Gasteiger partial charge in [-0.3, -0.25) is 0 Å². The summed E-state index contributed by atoms with van der Waals surface area (Å²) in [5, 5.41) is 8.76. The van der Waals surface area contributed by atoms with Gasteiger partial charge in [-0.1, -0.05) is 0 Å². The molecule has 0 aliphatic rings. The molecule has 0 heterocycles. The highest BCUT2D eigenvalue weighted by Gasteiger charge is 2.13. The van der Waals surface area contributed by atoms with Gasteiger partial charge >= 0.3 is 0 Å². The molecule has 1 rings (SSSR count). The van der Waals surface area contributed by atoms with Gasteiger partial charge in [0.15, 0.2) is 0 Å². The van der Waals surface area contributed by atoms with Crippen LogP contribution in [0.1, 0.15) is 6.92 Å². The maximum Gasteiger partial charge on any atom is 0.215 e. The molecule has 0 radical (unpaired) electrons. The smallest absolute Gasteiger partial charge is 0.215 e. The van der Waals surface area contributed by atoms with Crippen molar-refractivity contribution in [3.8, 4) is 5.75 Å². The third-order valence-electron chi connectivity index (χ3n) is 2.16. The molecule has 0 bridgehead atoms. The summed E-state index contributed by atoms with van der Waals surface area (Å²) < 4.78 is 30.6. The van der Waals surface area contributed by atoms with E-state index in [1.807, 2.05) is 0 Å². The average molecular weight is 274 g/mol. The largest absolute Gasteiger partial charge is 0.492 e. The lowest BCUT2D eigenvalue weighted by molar-refractivity contribution is 0.264. The monoisotopic (exact) mass is 274 g/mol. The van der Waals surface area contributed by atoms with E-state index in [1.165, 1.54) is 0 Å². The maximum absolute atomic E-state index is 11.5. The van der Waals surface area contributed by atoms with Crippen LogP contribution >= 0.6 is 0 Å². The Hall–Kier alpha value is -1.31. The second kappa shape index (κ2) is 6.58. The number of aliphatic hydroxyl groups is 1. The molecule has 0 saturated carbocycles. The van der Waals surface area contributed by atoms with Crippen molar-refractivity contribution in [1.82, 2.24) is 4.72 Å². The van der Waals surface area contributed by atoms with Gasteiger partial charge in [0.2, 0.25) is 10.0 Å². The van der Waals surface area contributed by atoms with E-state index >= 15 is 0 Å². The molecule has 0 aromatic heterocycles. The van der Waals surface area contributed by atoms with Crippen molar-refractivity contribution < 1.29 is 18.3 Å². The van der Waals surface area contributed by atoms with Crippen molar-refractivity contribution in [1.29, 1.82) is 0 Å². The number of hydrogen-bond acceptors (Lipinski definition) is 5. The molecular formula is C11H18N2O4S. The van der Waals surface area contributed by atoms with E-state index in [0.29, 0.717) is 11.4 Å². The molecule has 0 spiro atoms. The van der Waals surface area contributed by atoms with Gasteiger partial charge in [-0.2, -0.15) is 0 Å². The van der Waals surface area contributed by atoms with Crippen LogP contribution in [0, 0.1) is 0 Å². The second-order valence-corrected chi connectivity index (χ2v) is 5.81. The first-order valence-corrected chi connectivity index (χ1v) is 7.17. The highest BCUT2D eigenvalue weighted by Crippen LogP contribution is 2.12. The molecule has 0 fully saturated rings. The molecule has 1 aromatic carbocycles. The van der Waals surface area contributed by atoms with Crippen molar-refractivity contribution in [2.75, 3.05) is 24.7 Å². The highest BCUT2D eigenvalue weighted by molar-refractivity contribution is 7.89. The number of nitrogen functional groups attached to an aromatic ring is 1. The lowest BCUT2D eigenvalue weighted by atomic mass is 10.3. The van der Waals surface area contributed by atoms with E-state index in [9.17, 15) is 8.42 Å². The normalized spacial score (nSPS) is 13.2. The standard InChI is InChI=1S/C11H18N2O4S/c1-9(8-14)13-18(15,16)7-6-17-11-4-2-10(12)3-5-11/h2-5,9,13-14H,6-8,12H2,1H3. The first kappa shape index (κ1) is 14.7. The van der Waals surface area contributed by atoms with Crippen molar-refractivity contribution in [2.45, 2.75) is 13.0 Å². The molecule has 6 nitrogen and oxygen atoms in total. The van der Waals surface area contributed by atoms with Crippen molar-refractivity contribution in [3.05, 3.63) is 24.3 Å². The zero-order valence-corrected chi connectivity index (χ0v) is 11.0. The highest BCUT2D eigenvalue weighted by atomic mass is 32.2. The van der Waals surface area contributed by atoms with E-state index < -0.39 is 16.1 Å². The summed E-state index contributed by atoms with van der Waals surface area (Å²) in [5.74, 6) is 0.399. The van der Waals surface area contributed by atoms with Gasteiger partial charge in [-0.15, -0.1) is 0 Å². The molecule has 4 N–H and O–H groups in total. The number of benzene rings is 1. The molecule has 0 aliphatic carbocycles. The lowest BCUT2D eigenvalue weighted by Gasteiger charge is -2.12. The number of hydrogen-bond donors (Lipinski definition) is 3. The Balaban J connectivity index is 2.39. The summed E-state index contributed by atoms with van der Waals surface area (Å²) >= 11 is 0. The second-order valence-electron chi connectivity index (χ2n) is 3.94. The molecule has 0 amide bonds. The van der Waals surface area contributed by atoms with E-state index in [1.54, 1.807) is 31.2 Å². The number of nitrogens with one attached hydrogen (secondary N) is 1. The van der Waals surface area contributed by atoms with Crippen molar-refractivity contribution in [3.63, 3.8) is 0 Å². The van der Waals surface area contributed by atoms with Crippen LogP contribution in [0.2, 0.25) is 0 Å². The zero-order valence-electron chi connectivity index (χ0n) is 10.2. The van der Waals surface area contributed by atoms with Crippen LogP contribution in [-0.4, -0.2) is 38.5 Å². The number of rotatable bonds is 7. The van der Waals surface area contributed by atoms with Crippen LogP contribution < -0.4 is 15.2 Å². The fourth-order valence-corrected chi connectivity index (χ4v) is 2.34. The molecule has 102 valence electrons. The maximum atomic E-state index is 11.5. The molecule has 0 aliphatic heterocycles. The fraction of sp³-hybridized carbons (Fsp3) is 0.455. The minimum absolute atomic E-state index is 0.0391. The molecule has 1 unspecified atom stereocenters. The summed E-state index contributed by atoms with van der Waals surface area (Å²) in [6, 6.07) is 6.20. The van der Waals surface area contributed by atoms with E-state index in [-0.39, 0.29) is 19.0 Å². The Morgan fingerprint density at radius 3 is 2.56 bits per heavy atom. The van der Waals surface area contributed by atoms with Gasteiger partial charge in [0, 0.05) is 11.7 Å². The summed E-state index contributed by atoms with van der Waals surface area (Å²) in [5.41, 5.74) is 6.13. The van der Waals surface area contributed by atoms with Gasteiger partial charge in [-0.25, -0.2) is 13.1 Å². The fourth-order valence-electron chi connectivity index (χ4n) is 1.24. The van der Waals surface area contributed by atoms with E-state index in [0.717, 1.165) is 0 Å². The first-order chi connectivity index (χ1) is 8.43. The van der Waals surface area contributed by atoms with Crippen LogP contribution in [0.3, 0.4) is 0 Å². The molecule has 1 atom stereocenters. The molecule has 7 heteroatoms. The number of ether oxygens (including phenoxy) is 1. The predicted octanol–water partition coefficient (Wildman–Crippen LogP) is -0.0522. The Morgan fingerprint density at radius 2 is 2.00 bits per heavy atom.